The van der Waals surface area contributed by atoms with Gasteiger partial charge in [-0.3, -0.25) is 4.79 Å². The third-order valence-electron chi connectivity index (χ3n) is 6.54. The maximum Gasteiger partial charge on any atom is 0.326 e. The second-order valence-corrected chi connectivity index (χ2v) is 9.99. The van der Waals surface area contributed by atoms with Crippen LogP contribution in [0.4, 0.5) is 8.78 Å². The first-order valence-electron chi connectivity index (χ1n) is 11.7. The summed E-state index contributed by atoms with van der Waals surface area (Å²) in [5, 5.41) is 9.62. The molecule has 0 unspecified atom stereocenters. The fourth-order valence-electron chi connectivity index (χ4n) is 4.43. The number of likely N-dealkylation sites (N-methyl/N-ethyl adjacent to an activating group) is 1. The van der Waals surface area contributed by atoms with Crippen LogP contribution in [0.3, 0.4) is 0 Å². The van der Waals surface area contributed by atoms with Crippen LogP contribution in [-0.4, -0.2) is 65.8 Å². The van der Waals surface area contributed by atoms with Gasteiger partial charge in [0.1, 0.15) is 18.4 Å². The predicted molar refractivity (Wildman–Crippen MR) is 139 cm³/mol. The van der Waals surface area contributed by atoms with Gasteiger partial charge in [0.25, 0.3) is 5.91 Å². The Morgan fingerprint density at radius 3 is 2.43 bits per heavy atom. The summed E-state index contributed by atoms with van der Waals surface area (Å²) in [6.07, 6.45) is 2.19. The van der Waals surface area contributed by atoms with Crippen molar-refractivity contribution in [3.05, 3.63) is 83.4 Å². The van der Waals surface area contributed by atoms with Crippen LogP contribution in [-0.2, 0) is 11.4 Å². The van der Waals surface area contributed by atoms with Crippen LogP contribution < -0.4 is 4.74 Å². The zero-order valence-electron chi connectivity index (χ0n) is 20.8. The van der Waals surface area contributed by atoms with E-state index in [1.807, 2.05) is 25.1 Å². The molecule has 1 aliphatic rings. The zero-order chi connectivity index (χ0) is 26.7. The van der Waals surface area contributed by atoms with Gasteiger partial charge in [0, 0.05) is 23.0 Å². The highest BCUT2D eigenvalue weighted by molar-refractivity contribution is 7.98. The number of carboxylic acids is 1. The van der Waals surface area contributed by atoms with Crippen LogP contribution in [0.15, 0.2) is 65.6 Å². The van der Waals surface area contributed by atoms with E-state index in [1.165, 1.54) is 28.8 Å². The van der Waals surface area contributed by atoms with Crippen molar-refractivity contribution in [2.75, 3.05) is 26.9 Å². The number of likely N-dealkylation sites (tertiary alicyclic amines) is 1. The van der Waals surface area contributed by atoms with Gasteiger partial charge < -0.3 is 19.6 Å². The molecule has 37 heavy (non-hydrogen) atoms. The number of rotatable bonds is 8. The second-order valence-electron chi connectivity index (χ2n) is 9.14. The van der Waals surface area contributed by atoms with Crippen molar-refractivity contribution in [2.45, 2.75) is 30.0 Å². The molecule has 194 valence electrons. The average Bonchev–Trinajstić information content (AvgIpc) is 3.35. The van der Waals surface area contributed by atoms with Crippen LogP contribution >= 0.6 is 11.8 Å². The van der Waals surface area contributed by atoms with E-state index in [0.29, 0.717) is 34.7 Å². The normalized spacial score (nSPS) is 17.3. The SMILES string of the molecule is CSc1cc(F)c(F)cc1-c1ccc(OCc2cccc(C(=O)N3C[C@H](N(C)C)C[C@H]3C(=O)O)c2)cc1. The molecule has 1 fully saturated rings. The smallest absolute Gasteiger partial charge is 0.326 e. The van der Waals surface area contributed by atoms with E-state index in [0.717, 1.165) is 11.1 Å². The highest BCUT2D eigenvalue weighted by Crippen LogP contribution is 2.33. The molecule has 0 aromatic heterocycles. The van der Waals surface area contributed by atoms with E-state index in [-0.39, 0.29) is 18.6 Å². The van der Waals surface area contributed by atoms with E-state index in [4.69, 9.17) is 4.74 Å². The molecule has 6 nitrogen and oxygen atoms in total. The van der Waals surface area contributed by atoms with E-state index in [9.17, 15) is 23.5 Å². The first-order valence-corrected chi connectivity index (χ1v) is 13.0. The molecule has 0 bridgehead atoms. The first-order chi connectivity index (χ1) is 17.7. The number of hydrogen-bond donors (Lipinski definition) is 1. The first kappa shape index (κ1) is 26.6. The minimum atomic E-state index is -1.01. The van der Waals surface area contributed by atoms with Crippen LogP contribution in [0.2, 0.25) is 0 Å². The van der Waals surface area contributed by atoms with Crippen molar-refractivity contribution >= 4 is 23.6 Å². The number of ether oxygens (including phenoxy) is 1. The van der Waals surface area contributed by atoms with Crippen molar-refractivity contribution in [3.63, 3.8) is 0 Å². The molecule has 1 amide bonds. The minimum absolute atomic E-state index is 0.0158. The topological polar surface area (TPSA) is 70.1 Å². The van der Waals surface area contributed by atoms with Gasteiger partial charge in [0.15, 0.2) is 11.6 Å². The average molecular weight is 527 g/mol. The Bertz CT molecular complexity index is 1300. The third-order valence-corrected chi connectivity index (χ3v) is 7.32. The maximum atomic E-state index is 13.8. The van der Waals surface area contributed by atoms with Crippen LogP contribution in [0.1, 0.15) is 22.3 Å². The molecule has 0 aliphatic carbocycles. The Hall–Kier alpha value is -3.43. The molecule has 3 aromatic carbocycles. The monoisotopic (exact) mass is 526 g/mol. The second kappa shape index (κ2) is 11.3. The molecule has 1 saturated heterocycles. The highest BCUT2D eigenvalue weighted by atomic mass is 32.2. The van der Waals surface area contributed by atoms with Crippen LogP contribution in [0, 0.1) is 11.6 Å². The number of carbonyl (C=O) groups excluding carboxylic acids is 1. The van der Waals surface area contributed by atoms with Gasteiger partial charge in [0.05, 0.1) is 0 Å². The van der Waals surface area contributed by atoms with Gasteiger partial charge in [-0.05, 0) is 79.9 Å². The summed E-state index contributed by atoms with van der Waals surface area (Å²) in [6.45, 7) is 0.552. The molecule has 1 heterocycles. The fourth-order valence-corrected chi connectivity index (χ4v) is 5.04. The lowest BCUT2D eigenvalue weighted by atomic mass is 10.1. The molecular weight excluding hydrogens is 498 g/mol. The quantitative estimate of drug-likeness (QED) is 0.409. The third kappa shape index (κ3) is 5.94. The fraction of sp³-hybridized carbons (Fsp3) is 0.286. The number of benzene rings is 3. The summed E-state index contributed by atoms with van der Waals surface area (Å²) in [7, 11) is 3.75. The van der Waals surface area contributed by atoms with E-state index >= 15 is 0 Å². The summed E-state index contributed by atoms with van der Waals surface area (Å²) in [6, 6.07) is 15.5. The van der Waals surface area contributed by atoms with Crippen molar-refractivity contribution in [2.24, 2.45) is 0 Å². The lowest BCUT2D eigenvalue weighted by Crippen LogP contribution is -2.41. The molecule has 3 aromatic rings. The summed E-state index contributed by atoms with van der Waals surface area (Å²) >= 11 is 1.34. The molecule has 0 radical (unpaired) electrons. The molecule has 1 aliphatic heterocycles. The van der Waals surface area contributed by atoms with E-state index < -0.39 is 23.6 Å². The van der Waals surface area contributed by atoms with Crippen LogP contribution in [0.25, 0.3) is 11.1 Å². The Morgan fingerprint density at radius 2 is 1.78 bits per heavy atom. The van der Waals surface area contributed by atoms with Crippen LogP contribution in [0.5, 0.6) is 5.75 Å². The summed E-state index contributed by atoms with van der Waals surface area (Å²) in [5.74, 6) is -2.53. The Balaban J connectivity index is 1.45. The Kier molecular flexibility index (Phi) is 8.14. The van der Waals surface area contributed by atoms with Gasteiger partial charge in [-0.25, -0.2) is 13.6 Å². The maximum absolute atomic E-state index is 13.8. The molecule has 1 N–H and O–H groups in total. The number of nitrogens with zero attached hydrogens (tertiary/aromatic N) is 2. The molecule has 2 atom stereocenters. The van der Waals surface area contributed by atoms with E-state index in [2.05, 4.69) is 0 Å². The number of aliphatic carboxylic acids is 1. The van der Waals surface area contributed by atoms with Crippen molar-refractivity contribution in [3.8, 4) is 16.9 Å². The predicted octanol–water partition coefficient (Wildman–Crippen LogP) is 5.16. The summed E-state index contributed by atoms with van der Waals surface area (Å²) in [5.41, 5.74) is 2.50. The van der Waals surface area contributed by atoms with Crippen molar-refractivity contribution in [1.29, 1.82) is 0 Å². The standard InChI is InChI=1S/C28H28F2N2O4S/c1-31(2)20-12-25(28(34)35)32(15-20)27(33)19-6-4-5-17(11-19)16-36-21-9-7-18(8-10-21)22-13-23(29)24(30)14-26(22)37-3/h4-11,13-14,20,25H,12,15-16H2,1-3H3,(H,34,35)/t20-,25+/m1/s1. The summed E-state index contributed by atoms with van der Waals surface area (Å²) < 4.78 is 33.3. The van der Waals surface area contributed by atoms with Crippen molar-refractivity contribution in [1.82, 2.24) is 9.80 Å². The minimum Gasteiger partial charge on any atom is -0.489 e. The summed E-state index contributed by atoms with van der Waals surface area (Å²) in [4.78, 5) is 28.9. The number of carboxylic acid groups (broad SMARTS) is 1. The molecule has 4 rings (SSSR count). The van der Waals surface area contributed by atoms with Gasteiger partial charge in [-0.1, -0.05) is 24.3 Å². The van der Waals surface area contributed by atoms with Gasteiger partial charge in [-0.2, -0.15) is 0 Å². The number of carbonyl (C=O) groups is 2. The number of hydrogen-bond acceptors (Lipinski definition) is 5. The van der Waals surface area contributed by atoms with Gasteiger partial charge in [0.2, 0.25) is 0 Å². The van der Waals surface area contributed by atoms with Gasteiger partial charge in [-0.15, -0.1) is 11.8 Å². The zero-order valence-corrected chi connectivity index (χ0v) is 21.6. The number of amides is 1. The lowest BCUT2D eigenvalue weighted by molar-refractivity contribution is -0.141. The molecule has 9 heteroatoms. The largest absolute Gasteiger partial charge is 0.489 e. The molecular formula is C28H28F2N2O4S. The number of thioether (sulfide) groups is 1. The molecule has 0 saturated carbocycles. The Labute approximate surface area is 218 Å². The lowest BCUT2D eigenvalue weighted by Gasteiger charge is -2.22. The van der Waals surface area contributed by atoms with Crippen molar-refractivity contribution < 1.29 is 28.2 Å². The Morgan fingerprint density at radius 1 is 1.08 bits per heavy atom. The highest BCUT2D eigenvalue weighted by Gasteiger charge is 2.40. The molecule has 0 spiro atoms. The number of halogens is 2. The van der Waals surface area contributed by atoms with E-state index in [1.54, 1.807) is 48.7 Å². The van der Waals surface area contributed by atoms with Gasteiger partial charge >= 0.3 is 5.97 Å².